The van der Waals surface area contributed by atoms with Crippen molar-refractivity contribution in [2.75, 3.05) is 0 Å². The quantitative estimate of drug-likeness (QED) is 0.150. The second kappa shape index (κ2) is 16.1. The first-order valence-electron chi connectivity index (χ1n) is 20.8. The van der Waals surface area contributed by atoms with Crippen LogP contribution in [0.15, 0.2) is 182 Å². The predicted octanol–water partition coefficient (Wildman–Crippen LogP) is 15.6. The molecule has 0 fully saturated rings. The normalized spacial score (nSPS) is 12.0. The third-order valence-corrected chi connectivity index (χ3v) is 11.6. The molecule has 0 bridgehead atoms. The molecule has 318 valence electrons. The van der Waals surface area contributed by atoms with Crippen LogP contribution in [0, 0.1) is 13.8 Å². The van der Waals surface area contributed by atoms with Crippen LogP contribution in [0.5, 0.6) is 0 Å². The molecule has 0 amide bonds. The molecule has 0 aliphatic carbocycles. The number of fused-ring (bicyclic) bond motifs is 3. The van der Waals surface area contributed by atoms with Crippen LogP contribution in [-0.2, 0) is 12.4 Å². The number of aryl methyl sites for hydroxylation is 2. The van der Waals surface area contributed by atoms with Crippen LogP contribution in [0.4, 0.5) is 26.3 Å². The molecule has 65 heavy (non-hydrogen) atoms. The van der Waals surface area contributed by atoms with Gasteiger partial charge in [-0.3, -0.25) is 0 Å². The van der Waals surface area contributed by atoms with Crippen molar-refractivity contribution in [3.63, 3.8) is 0 Å². The highest BCUT2D eigenvalue weighted by molar-refractivity contribution is 6.12. The molecule has 10 heteroatoms. The van der Waals surface area contributed by atoms with Crippen LogP contribution in [0.2, 0.25) is 0 Å². The molecule has 0 unspecified atom stereocenters. The standard InChI is InChI=1S/C55H36F6N4/c1-33-11-9-17-37(25-33)39-19-23-49-47(29-39)48-30-40(38-18-10-12-34(2)26-38)20-24-50(48)65(49)44-21-22-45(46(32-44)41-27-42(54(56,57)58)31-43(28-41)55(59,60)61)53-63-51(35-13-5-3-6-14-35)62-52(64-53)36-15-7-4-8-16-36/h3-32H,1-2H3. The Labute approximate surface area is 370 Å². The van der Waals surface area contributed by atoms with Gasteiger partial charge in [-0.1, -0.05) is 132 Å². The minimum Gasteiger partial charge on any atom is -0.309 e. The van der Waals surface area contributed by atoms with Crippen LogP contribution in [-0.4, -0.2) is 19.5 Å². The van der Waals surface area contributed by atoms with Crippen LogP contribution in [0.1, 0.15) is 22.3 Å². The molecule has 2 aromatic heterocycles. The summed E-state index contributed by atoms with van der Waals surface area (Å²) in [4.78, 5) is 14.4. The Morgan fingerprint density at radius 3 is 1.26 bits per heavy atom. The first-order chi connectivity index (χ1) is 31.3. The Kier molecular flexibility index (Phi) is 10.2. The molecule has 0 aliphatic rings. The third-order valence-electron chi connectivity index (χ3n) is 11.6. The average Bonchev–Trinajstić information content (AvgIpc) is 3.64. The fraction of sp³-hybridized carbons (Fsp3) is 0.0727. The number of aromatic nitrogens is 4. The lowest BCUT2D eigenvalue weighted by Gasteiger charge is -2.18. The highest BCUT2D eigenvalue weighted by Crippen LogP contribution is 2.44. The minimum atomic E-state index is -5.08. The molecular weight excluding hydrogens is 831 g/mol. The number of hydrogen-bond acceptors (Lipinski definition) is 3. The van der Waals surface area contributed by atoms with Gasteiger partial charge < -0.3 is 4.57 Å². The number of nitrogens with zero attached hydrogens (tertiary/aromatic N) is 4. The van der Waals surface area contributed by atoms with Crippen molar-refractivity contribution in [3.8, 4) is 73.2 Å². The van der Waals surface area contributed by atoms with Crippen LogP contribution < -0.4 is 0 Å². The van der Waals surface area contributed by atoms with Gasteiger partial charge in [0.05, 0.1) is 22.2 Å². The van der Waals surface area contributed by atoms with E-state index in [1.165, 1.54) is 0 Å². The monoisotopic (exact) mass is 866 g/mol. The highest BCUT2D eigenvalue weighted by Gasteiger charge is 2.37. The fourth-order valence-electron chi connectivity index (χ4n) is 8.45. The summed E-state index contributed by atoms with van der Waals surface area (Å²) >= 11 is 0. The van der Waals surface area contributed by atoms with Gasteiger partial charge in [-0.05, 0) is 108 Å². The Morgan fingerprint density at radius 2 is 0.800 bits per heavy atom. The zero-order chi connectivity index (χ0) is 45.0. The summed E-state index contributed by atoms with van der Waals surface area (Å²) in [7, 11) is 0. The van der Waals surface area contributed by atoms with E-state index in [0.29, 0.717) is 16.8 Å². The molecule has 0 aliphatic heterocycles. The van der Waals surface area contributed by atoms with E-state index in [0.717, 1.165) is 67.3 Å². The first kappa shape index (κ1) is 41.2. The van der Waals surface area contributed by atoms with Crippen molar-refractivity contribution >= 4 is 21.8 Å². The third kappa shape index (κ3) is 8.03. The number of hydrogen-bond donors (Lipinski definition) is 0. The second-order valence-electron chi connectivity index (χ2n) is 16.1. The maximum atomic E-state index is 14.6. The van der Waals surface area contributed by atoms with Gasteiger partial charge in [0.2, 0.25) is 0 Å². The number of halogens is 6. The van der Waals surface area contributed by atoms with E-state index in [1.807, 2.05) is 140 Å². The molecule has 2 heterocycles. The van der Waals surface area contributed by atoms with E-state index in [-0.39, 0.29) is 40.2 Å². The van der Waals surface area contributed by atoms with Crippen LogP contribution in [0.25, 0.3) is 95.0 Å². The van der Waals surface area contributed by atoms with Gasteiger partial charge in [0.15, 0.2) is 17.5 Å². The SMILES string of the molecule is Cc1cccc(-c2ccc3c(c2)c2cc(-c4cccc(C)c4)ccc2n3-c2ccc(-c3nc(-c4ccccc4)nc(-c4ccccc4)n3)c(-c3cc(C(F)(F)F)cc(C(F)(F)F)c3)c2)c1. The average molecular weight is 867 g/mol. The Morgan fingerprint density at radius 1 is 0.354 bits per heavy atom. The van der Waals surface area contributed by atoms with Crippen LogP contribution >= 0.6 is 0 Å². The van der Waals surface area contributed by atoms with Gasteiger partial charge in [0.1, 0.15) is 0 Å². The Balaban J connectivity index is 1.27. The van der Waals surface area contributed by atoms with Crippen molar-refractivity contribution in [1.29, 1.82) is 0 Å². The molecule has 0 saturated carbocycles. The molecular formula is C55H36F6N4. The molecule has 4 nitrogen and oxygen atoms in total. The molecule has 0 radical (unpaired) electrons. The first-order valence-corrected chi connectivity index (χ1v) is 20.8. The molecule has 10 aromatic rings. The number of rotatable bonds is 7. The lowest BCUT2D eigenvalue weighted by molar-refractivity contribution is -0.143. The van der Waals surface area contributed by atoms with Crippen molar-refractivity contribution < 1.29 is 26.3 Å². The van der Waals surface area contributed by atoms with Crippen molar-refractivity contribution in [3.05, 3.63) is 204 Å². The van der Waals surface area contributed by atoms with E-state index in [2.05, 4.69) is 24.3 Å². The van der Waals surface area contributed by atoms with E-state index in [1.54, 1.807) is 18.2 Å². The summed E-state index contributed by atoms with van der Waals surface area (Å²) in [5.74, 6) is 0.625. The summed E-state index contributed by atoms with van der Waals surface area (Å²) in [5, 5.41) is 1.82. The smallest absolute Gasteiger partial charge is 0.309 e. The number of alkyl halides is 6. The van der Waals surface area contributed by atoms with E-state index < -0.39 is 23.5 Å². The molecule has 0 saturated heterocycles. The zero-order valence-corrected chi connectivity index (χ0v) is 34.9. The summed E-state index contributed by atoms with van der Waals surface area (Å²) < 4.78 is 89.3. The topological polar surface area (TPSA) is 43.6 Å². The Bertz CT molecular complexity index is 3240. The fourth-order valence-corrected chi connectivity index (χ4v) is 8.45. The molecule has 10 rings (SSSR count). The maximum absolute atomic E-state index is 14.6. The van der Waals surface area contributed by atoms with E-state index in [9.17, 15) is 26.3 Å². The lowest BCUT2D eigenvalue weighted by Crippen LogP contribution is -2.11. The van der Waals surface area contributed by atoms with Gasteiger partial charge in [-0.2, -0.15) is 26.3 Å². The van der Waals surface area contributed by atoms with Crippen molar-refractivity contribution in [2.45, 2.75) is 26.2 Å². The summed E-state index contributed by atoms with van der Waals surface area (Å²) in [6.07, 6.45) is -10.2. The predicted molar refractivity (Wildman–Crippen MR) is 246 cm³/mol. The van der Waals surface area contributed by atoms with Gasteiger partial charge in [-0.25, -0.2) is 15.0 Å². The summed E-state index contributed by atoms with van der Waals surface area (Å²) in [6, 6.07) is 53.7. The summed E-state index contributed by atoms with van der Waals surface area (Å²) in [6.45, 7) is 4.07. The van der Waals surface area contributed by atoms with Gasteiger partial charge >= 0.3 is 12.4 Å². The number of benzene rings is 8. The van der Waals surface area contributed by atoms with Gasteiger partial charge in [0, 0.05) is 33.2 Å². The van der Waals surface area contributed by atoms with Crippen LogP contribution in [0.3, 0.4) is 0 Å². The van der Waals surface area contributed by atoms with E-state index >= 15 is 0 Å². The second-order valence-corrected chi connectivity index (χ2v) is 16.1. The molecule has 0 atom stereocenters. The summed E-state index contributed by atoms with van der Waals surface area (Å²) in [5.41, 5.74) is 6.69. The van der Waals surface area contributed by atoms with Gasteiger partial charge in [0.25, 0.3) is 0 Å². The van der Waals surface area contributed by atoms with Crippen molar-refractivity contribution in [2.24, 2.45) is 0 Å². The van der Waals surface area contributed by atoms with Crippen molar-refractivity contribution in [1.82, 2.24) is 19.5 Å². The largest absolute Gasteiger partial charge is 0.416 e. The highest BCUT2D eigenvalue weighted by atomic mass is 19.4. The molecule has 8 aromatic carbocycles. The van der Waals surface area contributed by atoms with E-state index in [4.69, 9.17) is 15.0 Å². The minimum absolute atomic E-state index is 0.0612. The van der Waals surface area contributed by atoms with Gasteiger partial charge in [-0.15, -0.1) is 0 Å². The molecule has 0 spiro atoms. The Hall–Kier alpha value is -7.85. The maximum Gasteiger partial charge on any atom is 0.416 e. The zero-order valence-electron chi connectivity index (χ0n) is 34.9. The lowest BCUT2D eigenvalue weighted by atomic mass is 9.94. The molecule has 0 N–H and O–H groups in total.